The third-order valence-corrected chi connectivity index (χ3v) is 5.25. The number of nitrogens with zero attached hydrogens (tertiary/aromatic N) is 4. The number of pyridine rings is 1. The summed E-state index contributed by atoms with van der Waals surface area (Å²) in [6.45, 7) is 1.59. The van der Waals surface area contributed by atoms with Gasteiger partial charge in [-0.05, 0) is 62.6 Å². The molecule has 1 aliphatic heterocycles. The molecule has 0 spiro atoms. The minimum Gasteiger partial charge on any atom is -0.454 e. The molecule has 0 unspecified atom stereocenters. The van der Waals surface area contributed by atoms with Gasteiger partial charge >= 0.3 is 0 Å². The van der Waals surface area contributed by atoms with E-state index in [9.17, 15) is 4.79 Å². The fraction of sp³-hybridized carbons (Fsp3) is 0.208. The third-order valence-electron chi connectivity index (χ3n) is 5.25. The van der Waals surface area contributed by atoms with Crippen molar-refractivity contribution in [3.8, 4) is 22.8 Å². The van der Waals surface area contributed by atoms with E-state index in [4.69, 9.17) is 9.47 Å². The molecule has 0 atom stereocenters. The molecule has 0 aliphatic carbocycles. The average Bonchev–Trinajstić information content (AvgIpc) is 3.44. The largest absolute Gasteiger partial charge is 0.454 e. The van der Waals surface area contributed by atoms with Crippen LogP contribution in [0.2, 0.25) is 0 Å². The van der Waals surface area contributed by atoms with E-state index in [-0.39, 0.29) is 12.7 Å². The van der Waals surface area contributed by atoms with Crippen LogP contribution >= 0.6 is 0 Å². The molecule has 1 amide bonds. The smallest absolute Gasteiger partial charge is 0.251 e. The van der Waals surface area contributed by atoms with E-state index < -0.39 is 0 Å². The molecule has 2 aromatic carbocycles. The maximum Gasteiger partial charge on any atom is 0.251 e. The lowest BCUT2D eigenvalue weighted by molar-refractivity contribution is 0.0951. The van der Waals surface area contributed by atoms with E-state index in [0.717, 1.165) is 29.2 Å². The average molecular weight is 444 g/mol. The molecule has 9 nitrogen and oxygen atoms in total. The van der Waals surface area contributed by atoms with Gasteiger partial charge in [0.15, 0.2) is 17.1 Å². The van der Waals surface area contributed by atoms with Crippen LogP contribution < -0.4 is 20.1 Å². The SMILES string of the molecule is CN(C)CCNC(=O)c1cccc(Nc2nc3cccc(-c4ccc5c(c4)OCO5)n3n2)c1. The maximum atomic E-state index is 12.4. The van der Waals surface area contributed by atoms with Crippen LogP contribution in [0.1, 0.15) is 10.4 Å². The predicted octanol–water partition coefficient (Wildman–Crippen LogP) is 3.16. The lowest BCUT2D eigenvalue weighted by Gasteiger charge is -2.11. The van der Waals surface area contributed by atoms with Gasteiger partial charge in [-0.3, -0.25) is 4.79 Å². The zero-order chi connectivity index (χ0) is 22.8. The van der Waals surface area contributed by atoms with Crippen molar-refractivity contribution in [3.63, 3.8) is 0 Å². The molecule has 168 valence electrons. The molecular formula is C24H24N6O3. The Kier molecular flexibility index (Phi) is 5.54. The number of nitrogens with one attached hydrogen (secondary N) is 2. The molecule has 0 fully saturated rings. The first-order valence-corrected chi connectivity index (χ1v) is 10.6. The number of likely N-dealkylation sites (N-methyl/N-ethyl adjacent to an activating group) is 1. The second kappa shape index (κ2) is 8.79. The fourth-order valence-corrected chi connectivity index (χ4v) is 3.59. The molecule has 9 heteroatoms. The second-order valence-electron chi connectivity index (χ2n) is 7.95. The van der Waals surface area contributed by atoms with Crippen LogP contribution in [0.25, 0.3) is 16.9 Å². The van der Waals surface area contributed by atoms with E-state index in [1.165, 1.54) is 0 Å². The van der Waals surface area contributed by atoms with Crippen LogP contribution in [0.4, 0.5) is 11.6 Å². The van der Waals surface area contributed by atoms with E-state index >= 15 is 0 Å². The minimum atomic E-state index is -0.117. The highest BCUT2D eigenvalue weighted by atomic mass is 16.7. The molecule has 2 N–H and O–H groups in total. The number of hydrogen-bond acceptors (Lipinski definition) is 7. The van der Waals surface area contributed by atoms with Crippen LogP contribution in [0.15, 0.2) is 60.7 Å². The zero-order valence-electron chi connectivity index (χ0n) is 18.4. The Morgan fingerprint density at radius 1 is 1.06 bits per heavy atom. The van der Waals surface area contributed by atoms with Crippen molar-refractivity contribution in [2.75, 3.05) is 39.3 Å². The summed E-state index contributed by atoms with van der Waals surface area (Å²) in [5.41, 5.74) is 3.82. The fourth-order valence-electron chi connectivity index (χ4n) is 3.59. The van der Waals surface area contributed by atoms with E-state index in [2.05, 4.69) is 20.7 Å². The van der Waals surface area contributed by atoms with Gasteiger partial charge in [0, 0.05) is 29.9 Å². The van der Waals surface area contributed by atoms with Crippen LogP contribution in [0.5, 0.6) is 11.5 Å². The Labute approximate surface area is 191 Å². The molecule has 0 saturated carbocycles. The summed E-state index contributed by atoms with van der Waals surface area (Å²) in [4.78, 5) is 19.0. The van der Waals surface area contributed by atoms with Gasteiger partial charge in [-0.15, -0.1) is 5.10 Å². The Hall–Kier alpha value is -4.11. The second-order valence-corrected chi connectivity index (χ2v) is 7.95. The van der Waals surface area contributed by atoms with Crippen molar-refractivity contribution in [3.05, 3.63) is 66.2 Å². The first kappa shape index (κ1) is 20.8. The number of benzene rings is 2. The van der Waals surface area contributed by atoms with E-state index in [1.54, 1.807) is 16.6 Å². The van der Waals surface area contributed by atoms with Gasteiger partial charge in [0.25, 0.3) is 5.91 Å². The highest BCUT2D eigenvalue weighted by molar-refractivity contribution is 5.95. The summed E-state index contributed by atoms with van der Waals surface area (Å²) >= 11 is 0. The number of anilines is 2. The molecular weight excluding hydrogens is 420 g/mol. The summed E-state index contributed by atoms with van der Waals surface area (Å²) < 4.78 is 12.7. The number of aromatic nitrogens is 3. The molecule has 0 bridgehead atoms. The predicted molar refractivity (Wildman–Crippen MR) is 125 cm³/mol. The summed E-state index contributed by atoms with van der Waals surface area (Å²) in [7, 11) is 3.94. The molecule has 0 radical (unpaired) electrons. The highest BCUT2D eigenvalue weighted by Crippen LogP contribution is 2.36. The van der Waals surface area contributed by atoms with Gasteiger partial charge in [0.2, 0.25) is 12.7 Å². The van der Waals surface area contributed by atoms with Crippen molar-refractivity contribution >= 4 is 23.2 Å². The Balaban J connectivity index is 1.37. The summed E-state index contributed by atoms with van der Waals surface area (Å²) in [6, 6.07) is 18.9. The van der Waals surface area contributed by atoms with Gasteiger partial charge in [0.05, 0.1) is 5.69 Å². The quantitative estimate of drug-likeness (QED) is 0.452. The van der Waals surface area contributed by atoms with E-state index in [0.29, 0.717) is 29.5 Å². The van der Waals surface area contributed by atoms with E-state index in [1.807, 2.05) is 67.5 Å². The summed E-state index contributed by atoms with van der Waals surface area (Å²) in [5.74, 6) is 1.77. The molecule has 3 heterocycles. The number of ether oxygens (including phenoxy) is 2. The Bertz CT molecular complexity index is 1320. The van der Waals surface area contributed by atoms with Crippen molar-refractivity contribution in [1.29, 1.82) is 0 Å². The van der Waals surface area contributed by atoms with Crippen LogP contribution in [-0.2, 0) is 0 Å². The van der Waals surface area contributed by atoms with Gasteiger partial charge in [0.1, 0.15) is 0 Å². The van der Waals surface area contributed by atoms with Gasteiger partial charge in [-0.2, -0.15) is 4.98 Å². The van der Waals surface area contributed by atoms with Gasteiger partial charge < -0.3 is 25.0 Å². The minimum absolute atomic E-state index is 0.117. The van der Waals surface area contributed by atoms with Crippen LogP contribution in [0, 0.1) is 0 Å². The number of hydrogen-bond donors (Lipinski definition) is 2. The first-order valence-electron chi connectivity index (χ1n) is 10.6. The number of fused-ring (bicyclic) bond motifs is 2. The number of rotatable bonds is 7. The third kappa shape index (κ3) is 4.44. The van der Waals surface area contributed by atoms with Crippen LogP contribution in [0.3, 0.4) is 0 Å². The standard InChI is InChI=1S/C24H24N6O3/c1-29(2)12-11-25-23(31)17-5-3-6-18(13-17)26-24-27-22-8-4-7-19(30(22)28-24)16-9-10-20-21(14-16)33-15-32-20/h3-10,13-14H,11-12,15H2,1-2H3,(H,25,31)(H,26,28). The molecule has 2 aromatic heterocycles. The molecule has 4 aromatic rings. The molecule has 5 rings (SSSR count). The van der Waals surface area contributed by atoms with Crippen molar-refractivity contribution < 1.29 is 14.3 Å². The van der Waals surface area contributed by atoms with Gasteiger partial charge in [-0.25, -0.2) is 4.52 Å². The van der Waals surface area contributed by atoms with Crippen molar-refractivity contribution in [2.45, 2.75) is 0 Å². The Morgan fingerprint density at radius 3 is 2.79 bits per heavy atom. The lowest BCUT2D eigenvalue weighted by Crippen LogP contribution is -2.31. The summed E-state index contributed by atoms with van der Waals surface area (Å²) in [5, 5.41) is 10.8. The summed E-state index contributed by atoms with van der Waals surface area (Å²) in [6.07, 6.45) is 0. The Morgan fingerprint density at radius 2 is 1.91 bits per heavy atom. The molecule has 1 aliphatic rings. The van der Waals surface area contributed by atoms with Crippen LogP contribution in [-0.4, -0.2) is 59.4 Å². The maximum absolute atomic E-state index is 12.4. The lowest BCUT2D eigenvalue weighted by atomic mass is 10.1. The van der Waals surface area contributed by atoms with Crippen molar-refractivity contribution in [1.82, 2.24) is 24.8 Å². The first-order chi connectivity index (χ1) is 16.1. The highest BCUT2D eigenvalue weighted by Gasteiger charge is 2.16. The zero-order valence-corrected chi connectivity index (χ0v) is 18.4. The normalized spacial score (nSPS) is 12.3. The van der Waals surface area contributed by atoms with Gasteiger partial charge in [-0.1, -0.05) is 12.1 Å². The number of amides is 1. The molecule has 33 heavy (non-hydrogen) atoms. The molecule has 0 saturated heterocycles. The topological polar surface area (TPSA) is 93.0 Å². The van der Waals surface area contributed by atoms with Crippen molar-refractivity contribution in [2.24, 2.45) is 0 Å². The number of carbonyl (C=O) groups excluding carboxylic acids is 1. The monoisotopic (exact) mass is 444 g/mol. The number of carbonyl (C=O) groups is 1.